The number of hydrogen-bond acceptors (Lipinski definition) is 5. The first-order valence-electron chi connectivity index (χ1n) is 8.46. The van der Waals surface area contributed by atoms with Crippen LogP contribution in [0.1, 0.15) is 17.2 Å². The Morgan fingerprint density at radius 2 is 1.78 bits per heavy atom. The number of amides is 1. The molecule has 144 valence electrons. The van der Waals surface area contributed by atoms with E-state index in [1.807, 2.05) is 0 Å². The SMILES string of the molecule is COc1ccc(C2C(=O)NCCN2S(=O)(=O)c2ccc(OC)c(C)c2)cc1. The number of nitrogens with one attached hydrogen (secondary N) is 1. The second-order valence-electron chi connectivity index (χ2n) is 6.21. The number of sulfonamides is 1. The molecule has 1 fully saturated rings. The summed E-state index contributed by atoms with van der Waals surface area (Å²) in [4.78, 5) is 12.7. The molecule has 0 spiro atoms. The Bertz CT molecular complexity index is 941. The molecule has 0 aliphatic carbocycles. The Morgan fingerprint density at radius 3 is 2.37 bits per heavy atom. The van der Waals surface area contributed by atoms with Crippen molar-refractivity contribution in [3.05, 3.63) is 53.6 Å². The van der Waals surface area contributed by atoms with Crippen LogP contribution in [-0.4, -0.2) is 45.9 Å². The Kier molecular flexibility index (Phi) is 5.38. The van der Waals surface area contributed by atoms with E-state index in [1.54, 1.807) is 50.4 Å². The maximum atomic E-state index is 13.3. The van der Waals surface area contributed by atoms with Crippen molar-refractivity contribution in [2.45, 2.75) is 17.9 Å². The molecule has 1 saturated heterocycles. The van der Waals surface area contributed by atoms with Crippen molar-refractivity contribution in [1.82, 2.24) is 9.62 Å². The molecule has 1 aliphatic rings. The summed E-state index contributed by atoms with van der Waals surface area (Å²) in [7, 11) is -0.790. The van der Waals surface area contributed by atoms with Crippen molar-refractivity contribution in [3.8, 4) is 11.5 Å². The van der Waals surface area contributed by atoms with Crippen LogP contribution in [0, 0.1) is 6.92 Å². The Balaban J connectivity index is 2.02. The summed E-state index contributed by atoms with van der Waals surface area (Å²) in [5.74, 6) is 0.896. The standard InChI is InChI=1S/C19H22N2O5S/c1-13-12-16(8-9-17(13)26-3)27(23,24)21-11-10-20-19(22)18(21)14-4-6-15(25-2)7-5-14/h4-9,12,18H,10-11H2,1-3H3,(H,20,22). The molecule has 1 amide bonds. The van der Waals surface area contributed by atoms with Crippen LogP contribution in [0.3, 0.4) is 0 Å². The van der Waals surface area contributed by atoms with Gasteiger partial charge in [0.1, 0.15) is 17.5 Å². The zero-order valence-corrected chi connectivity index (χ0v) is 16.2. The van der Waals surface area contributed by atoms with Gasteiger partial charge in [-0.1, -0.05) is 12.1 Å². The highest BCUT2D eigenvalue weighted by molar-refractivity contribution is 7.89. The highest BCUT2D eigenvalue weighted by Gasteiger charge is 2.39. The van der Waals surface area contributed by atoms with Crippen LogP contribution in [0.5, 0.6) is 11.5 Å². The van der Waals surface area contributed by atoms with E-state index >= 15 is 0 Å². The molecule has 1 atom stereocenters. The first-order chi connectivity index (χ1) is 12.9. The van der Waals surface area contributed by atoms with Crippen molar-refractivity contribution in [3.63, 3.8) is 0 Å². The van der Waals surface area contributed by atoms with E-state index in [-0.39, 0.29) is 23.9 Å². The summed E-state index contributed by atoms with van der Waals surface area (Å²) in [6.45, 7) is 2.23. The molecule has 2 aromatic carbocycles. The normalized spacial score (nSPS) is 18.0. The minimum atomic E-state index is -3.87. The van der Waals surface area contributed by atoms with E-state index in [4.69, 9.17) is 9.47 Å². The van der Waals surface area contributed by atoms with Gasteiger partial charge in [-0.3, -0.25) is 4.79 Å². The van der Waals surface area contributed by atoms with Crippen LogP contribution in [-0.2, 0) is 14.8 Å². The third-order valence-electron chi connectivity index (χ3n) is 4.57. The van der Waals surface area contributed by atoms with Gasteiger partial charge in [0.2, 0.25) is 15.9 Å². The van der Waals surface area contributed by atoms with Gasteiger partial charge in [0.25, 0.3) is 0 Å². The molecule has 27 heavy (non-hydrogen) atoms. The van der Waals surface area contributed by atoms with Gasteiger partial charge in [-0.05, 0) is 48.4 Å². The first-order valence-corrected chi connectivity index (χ1v) is 9.90. The van der Waals surface area contributed by atoms with E-state index < -0.39 is 16.1 Å². The lowest BCUT2D eigenvalue weighted by atomic mass is 10.0. The molecule has 8 heteroatoms. The molecule has 0 bridgehead atoms. The minimum Gasteiger partial charge on any atom is -0.497 e. The van der Waals surface area contributed by atoms with Crippen molar-refractivity contribution in [2.24, 2.45) is 0 Å². The molecule has 0 radical (unpaired) electrons. The fourth-order valence-corrected chi connectivity index (χ4v) is 4.82. The predicted octanol–water partition coefficient (Wildman–Crippen LogP) is 1.87. The Labute approximate surface area is 158 Å². The second kappa shape index (κ2) is 7.58. The topological polar surface area (TPSA) is 84.9 Å². The predicted molar refractivity (Wildman–Crippen MR) is 100 cm³/mol. The largest absolute Gasteiger partial charge is 0.497 e. The third kappa shape index (κ3) is 3.63. The molecular weight excluding hydrogens is 368 g/mol. The molecule has 1 heterocycles. The summed E-state index contributed by atoms with van der Waals surface area (Å²) in [6, 6.07) is 10.6. The lowest BCUT2D eigenvalue weighted by Crippen LogP contribution is -2.52. The number of hydrogen-bond donors (Lipinski definition) is 1. The number of carbonyl (C=O) groups excluding carboxylic acids is 1. The number of nitrogens with zero attached hydrogens (tertiary/aromatic N) is 1. The van der Waals surface area contributed by atoms with Gasteiger partial charge in [0.05, 0.1) is 19.1 Å². The van der Waals surface area contributed by atoms with Crippen LogP contribution in [0.2, 0.25) is 0 Å². The fourth-order valence-electron chi connectivity index (χ4n) is 3.16. The van der Waals surface area contributed by atoms with Crippen molar-refractivity contribution in [1.29, 1.82) is 0 Å². The summed E-state index contributed by atoms with van der Waals surface area (Å²) in [5, 5.41) is 2.75. The molecular formula is C19H22N2O5S. The second-order valence-corrected chi connectivity index (χ2v) is 8.10. The number of aryl methyl sites for hydroxylation is 1. The smallest absolute Gasteiger partial charge is 0.244 e. The highest BCUT2D eigenvalue weighted by Crippen LogP contribution is 2.32. The van der Waals surface area contributed by atoms with Gasteiger partial charge in [0, 0.05) is 13.1 Å². The lowest BCUT2D eigenvalue weighted by Gasteiger charge is -2.34. The number of rotatable bonds is 5. The highest BCUT2D eigenvalue weighted by atomic mass is 32.2. The number of carbonyl (C=O) groups is 1. The molecule has 7 nitrogen and oxygen atoms in total. The Morgan fingerprint density at radius 1 is 1.07 bits per heavy atom. The van der Waals surface area contributed by atoms with Crippen LogP contribution in [0.25, 0.3) is 0 Å². The van der Waals surface area contributed by atoms with Crippen LogP contribution in [0.15, 0.2) is 47.4 Å². The van der Waals surface area contributed by atoms with Crippen LogP contribution in [0.4, 0.5) is 0 Å². The number of methoxy groups -OCH3 is 2. The zero-order chi connectivity index (χ0) is 19.6. The van der Waals surface area contributed by atoms with Crippen molar-refractivity contribution < 1.29 is 22.7 Å². The Hall–Kier alpha value is -2.58. The average molecular weight is 390 g/mol. The van der Waals surface area contributed by atoms with Gasteiger partial charge < -0.3 is 14.8 Å². The van der Waals surface area contributed by atoms with E-state index in [9.17, 15) is 13.2 Å². The van der Waals surface area contributed by atoms with E-state index in [2.05, 4.69) is 5.32 Å². The first kappa shape index (κ1) is 19.2. The fraction of sp³-hybridized carbons (Fsp3) is 0.316. The van der Waals surface area contributed by atoms with Gasteiger partial charge >= 0.3 is 0 Å². The van der Waals surface area contributed by atoms with E-state index in [1.165, 1.54) is 17.5 Å². The zero-order valence-electron chi connectivity index (χ0n) is 15.4. The average Bonchev–Trinajstić information content (AvgIpc) is 2.67. The summed E-state index contributed by atoms with van der Waals surface area (Å²) in [6.07, 6.45) is 0. The number of benzene rings is 2. The van der Waals surface area contributed by atoms with Crippen LogP contribution < -0.4 is 14.8 Å². The molecule has 1 unspecified atom stereocenters. The van der Waals surface area contributed by atoms with Gasteiger partial charge in [-0.15, -0.1) is 0 Å². The summed E-state index contributed by atoms with van der Waals surface area (Å²) < 4.78 is 38.1. The minimum absolute atomic E-state index is 0.133. The maximum absolute atomic E-state index is 13.3. The molecule has 1 N–H and O–H groups in total. The molecule has 0 aromatic heterocycles. The van der Waals surface area contributed by atoms with Crippen LogP contribution >= 0.6 is 0 Å². The molecule has 2 aromatic rings. The molecule has 3 rings (SSSR count). The van der Waals surface area contributed by atoms with Crippen molar-refractivity contribution >= 4 is 15.9 Å². The number of piperazine rings is 1. The molecule has 0 saturated carbocycles. The van der Waals surface area contributed by atoms with E-state index in [0.717, 1.165) is 0 Å². The quantitative estimate of drug-likeness (QED) is 0.843. The monoisotopic (exact) mass is 390 g/mol. The third-order valence-corrected chi connectivity index (χ3v) is 6.43. The van der Waals surface area contributed by atoms with Gasteiger partial charge in [-0.2, -0.15) is 4.31 Å². The molecule has 1 aliphatic heterocycles. The lowest BCUT2D eigenvalue weighted by molar-refractivity contribution is -0.126. The number of ether oxygens (including phenoxy) is 2. The van der Waals surface area contributed by atoms with E-state index in [0.29, 0.717) is 22.6 Å². The summed E-state index contributed by atoms with van der Waals surface area (Å²) >= 11 is 0. The van der Waals surface area contributed by atoms with Crippen molar-refractivity contribution in [2.75, 3.05) is 27.3 Å². The summed E-state index contributed by atoms with van der Waals surface area (Å²) in [5.41, 5.74) is 1.29. The van der Waals surface area contributed by atoms with Gasteiger partial charge in [-0.25, -0.2) is 8.42 Å². The maximum Gasteiger partial charge on any atom is 0.244 e. The van der Waals surface area contributed by atoms with Gasteiger partial charge in [0.15, 0.2) is 0 Å².